The van der Waals surface area contributed by atoms with Gasteiger partial charge in [0, 0.05) is 6.54 Å². The van der Waals surface area contributed by atoms with Crippen LogP contribution in [0.3, 0.4) is 0 Å². The Kier molecular flexibility index (Phi) is 2.22. The lowest BCUT2D eigenvalue weighted by Gasteiger charge is -2.45. The lowest BCUT2D eigenvalue weighted by atomic mass is 9.98. The number of ether oxygens (including phenoxy) is 1. The second kappa shape index (κ2) is 3.10. The van der Waals surface area contributed by atoms with Gasteiger partial charge in [0.05, 0.1) is 7.11 Å². The zero-order valence-electron chi connectivity index (χ0n) is 8.30. The molecule has 3 nitrogen and oxygen atoms in total. The minimum absolute atomic E-state index is 0.101. The van der Waals surface area contributed by atoms with Crippen LogP contribution in [0.25, 0.3) is 0 Å². The SMILES string of the molecule is COC(=O)C1CCN1C1(C(F)(F)F)CC1. The Labute approximate surface area is 85.2 Å². The number of nitrogens with zero attached hydrogens (tertiary/aromatic N) is 1. The lowest BCUT2D eigenvalue weighted by molar-refractivity contribution is -0.219. The van der Waals surface area contributed by atoms with Gasteiger partial charge in [-0.05, 0) is 19.3 Å². The largest absolute Gasteiger partial charge is 0.468 e. The molecule has 0 bridgehead atoms. The van der Waals surface area contributed by atoms with Gasteiger partial charge in [0.25, 0.3) is 0 Å². The van der Waals surface area contributed by atoms with E-state index >= 15 is 0 Å². The number of esters is 1. The molecule has 6 heteroatoms. The number of halogens is 3. The average Bonchev–Trinajstić information content (AvgIpc) is 2.82. The fourth-order valence-electron chi connectivity index (χ4n) is 2.13. The lowest BCUT2D eigenvalue weighted by Crippen LogP contribution is -2.62. The van der Waals surface area contributed by atoms with E-state index in [0.717, 1.165) is 0 Å². The molecule has 0 spiro atoms. The van der Waals surface area contributed by atoms with Gasteiger partial charge in [-0.1, -0.05) is 0 Å². The molecule has 2 rings (SSSR count). The van der Waals surface area contributed by atoms with Gasteiger partial charge in [-0.2, -0.15) is 13.2 Å². The van der Waals surface area contributed by atoms with Gasteiger partial charge in [-0.15, -0.1) is 0 Å². The van der Waals surface area contributed by atoms with Crippen molar-refractivity contribution in [3.63, 3.8) is 0 Å². The van der Waals surface area contributed by atoms with Crippen LogP contribution in [-0.2, 0) is 9.53 Å². The molecule has 2 fully saturated rings. The van der Waals surface area contributed by atoms with E-state index in [9.17, 15) is 18.0 Å². The van der Waals surface area contributed by atoms with E-state index < -0.39 is 23.7 Å². The highest BCUT2D eigenvalue weighted by molar-refractivity contribution is 5.77. The predicted molar refractivity (Wildman–Crippen MR) is 45.1 cm³/mol. The normalized spacial score (nSPS) is 29.5. The number of hydrogen-bond donors (Lipinski definition) is 0. The maximum absolute atomic E-state index is 12.7. The van der Waals surface area contributed by atoms with E-state index in [4.69, 9.17) is 0 Å². The first-order valence-corrected chi connectivity index (χ1v) is 4.84. The first-order valence-electron chi connectivity index (χ1n) is 4.84. The van der Waals surface area contributed by atoms with E-state index in [1.54, 1.807) is 0 Å². The number of carbonyl (C=O) groups excluding carboxylic acids is 1. The van der Waals surface area contributed by atoms with Gasteiger partial charge in [0.2, 0.25) is 0 Å². The maximum atomic E-state index is 12.7. The summed E-state index contributed by atoms with van der Waals surface area (Å²) >= 11 is 0. The Morgan fingerprint density at radius 2 is 2.07 bits per heavy atom. The molecule has 1 aliphatic carbocycles. The highest BCUT2D eigenvalue weighted by Crippen LogP contribution is 2.56. The molecule has 1 aliphatic heterocycles. The third-order valence-electron chi connectivity index (χ3n) is 3.29. The third kappa shape index (κ3) is 1.42. The number of rotatable bonds is 2. The summed E-state index contributed by atoms with van der Waals surface area (Å²) in [6, 6.07) is -0.695. The smallest absolute Gasteiger partial charge is 0.406 e. The van der Waals surface area contributed by atoms with Crippen LogP contribution in [0.1, 0.15) is 19.3 Å². The summed E-state index contributed by atoms with van der Waals surface area (Å²) in [5, 5.41) is 0. The van der Waals surface area contributed by atoms with Crippen molar-refractivity contribution in [2.45, 2.75) is 37.0 Å². The number of carbonyl (C=O) groups is 1. The standard InChI is InChI=1S/C9H12F3NO2/c1-15-7(14)6-2-5-13(6)8(3-4-8)9(10,11)12/h6H,2-5H2,1H3. The van der Waals surface area contributed by atoms with E-state index in [1.807, 2.05) is 0 Å². The molecule has 15 heavy (non-hydrogen) atoms. The molecule has 0 aromatic rings. The molecule has 1 unspecified atom stereocenters. The second-order valence-corrected chi connectivity index (χ2v) is 4.05. The zero-order chi connectivity index (χ0) is 11.3. The van der Waals surface area contributed by atoms with Gasteiger partial charge in [-0.25, -0.2) is 0 Å². The van der Waals surface area contributed by atoms with Crippen molar-refractivity contribution in [3.8, 4) is 0 Å². The Balaban J connectivity index is 2.10. The third-order valence-corrected chi connectivity index (χ3v) is 3.29. The van der Waals surface area contributed by atoms with E-state index in [-0.39, 0.29) is 12.8 Å². The molecule has 86 valence electrons. The highest BCUT2D eigenvalue weighted by atomic mass is 19.4. The molecule has 0 aromatic carbocycles. The van der Waals surface area contributed by atoms with Crippen LogP contribution in [-0.4, -0.2) is 42.3 Å². The van der Waals surface area contributed by atoms with Crippen molar-refractivity contribution in [1.29, 1.82) is 0 Å². The van der Waals surface area contributed by atoms with Gasteiger partial charge >= 0.3 is 12.1 Å². The van der Waals surface area contributed by atoms with Crippen molar-refractivity contribution in [3.05, 3.63) is 0 Å². The molecule has 0 aromatic heterocycles. The number of alkyl halides is 3. The summed E-state index contributed by atoms with van der Waals surface area (Å²) in [7, 11) is 1.20. The first-order chi connectivity index (χ1) is 6.92. The molecular weight excluding hydrogens is 211 g/mol. The Bertz CT molecular complexity index is 286. The molecule has 1 atom stereocenters. The van der Waals surface area contributed by atoms with Crippen molar-refractivity contribution >= 4 is 5.97 Å². The topological polar surface area (TPSA) is 29.5 Å². The van der Waals surface area contributed by atoms with Crippen LogP contribution in [0.15, 0.2) is 0 Å². The molecule has 1 heterocycles. The van der Waals surface area contributed by atoms with E-state index in [0.29, 0.717) is 13.0 Å². The Hall–Kier alpha value is -0.780. The highest BCUT2D eigenvalue weighted by Gasteiger charge is 2.69. The molecule has 0 amide bonds. The van der Waals surface area contributed by atoms with Crippen LogP contribution in [0.2, 0.25) is 0 Å². The Morgan fingerprint density at radius 3 is 2.33 bits per heavy atom. The fourth-order valence-corrected chi connectivity index (χ4v) is 2.13. The Morgan fingerprint density at radius 1 is 1.47 bits per heavy atom. The van der Waals surface area contributed by atoms with Gasteiger partial charge in [0.15, 0.2) is 0 Å². The van der Waals surface area contributed by atoms with Gasteiger partial charge in [-0.3, -0.25) is 9.69 Å². The molecule has 1 saturated carbocycles. The zero-order valence-corrected chi connectivity index (χ0v) is 8.30. The minimum Gasteiger partial charge on any atom is -0.468 e. The van der Waals surface area contributed by atoms with Crippen LogP contribution in [0, 0.1) is 0 Å². The van der Waals surface area contributed by atoms with Gasteiger partial charge < -0.3 is 4.74 Å². The number of methoxy groups -OCH3 is 1. The van der Waals surface area contributed by atoms with Crippen LogP contribution in [0.4, 0.5) is 13.2 Å². The fraction of sp³-hybridized carbons (Fsp3) is 0.889. The average molecular weight is 223 g/mol. The summed E-state index contributed by atoms with van der Waals surface area (Å²) in [5.41, 5.74) is -1.73. The summed E-state index contributed by atoms with van der Waals surface area (Å²) in [6.07, 6.45) is -3.57. The molecule has 1 saturated heterocycles. The van der Waals surface area contributed by atoms with E-state index in [1.165, 1.54) is 12.0 Å². The molecule has 2 aliphatic rings. The minimum atomic E-state index is -4.24. The monoisotopic (exact) mass is 223 g/mol. The summed E-state index contributed by atoms with van der Waals surface area (Å²) < 4.78 is 42.6. The van der Waals surface area contributed by atoms with Gasteiger partial charge in [0.1, 0.15) is 11.6 Å². The van der Waals surface area contributed by atoms with Crippen LogP contribution < -0.4 is 0 Å². The molecule has 0 radical (unpaired) electrons. The number of likely N-dealkylation sites (tertiary alicyclic amines) is 1. The molecule has 0 N–H and O–H groups in total. The summed E-state index contributed by atoms with van der Waals surface area (Å²) in [5.74, 6) is -0.559. The van der Waals surface area contributed by atoms with Crippen molar-refractivity contribution in [2.24, 2.45) is 0 Å². The number of hydrogen-bond acceptors (Lipinski definition) is 3. The first kappa shape index (κ1) is 10.7. The van der Waals surface area contributed by atoms with Crippen LogP contribution in [0.5, 0.6) is 0 Å². The second-order valence-electron chi connectivity index (χ2n) is 4.05. The van der Waals surface area contributed by atoms with Crippen molar-refractivity contribution in [2.75, 3.05) is 13.7 Å². The van der Waals surface area contributed by atoms with Crippen molar-refractivity contribution in [1.82, 2.24) is 4.90 Å². The maximum Gasteiger partial charge on any atom is 0.406 e. The van der Waals surface area contributed by atoms with Crippen molar-refractivity contribution < 1.29 is 22.7 Å². The molecular formula is C9H12F3NO2. The summed E-state index contributed by atoms with van der Waals surface area (Å²) in [4.78, 5) is 12.4. The quantitative estimate of drug-likeness (QED) is 0.661. The predicted octanol–water partition coefficient (Wildman–Crippen LogP) is 1.33. The van der Waals surface area contributed by atoms with Crippen LogP contribution >= 0.6 is 0 Å². The summed E-state index contributed by atoms with van der Waals surface area (Å²) in [6.45, 7) is 0.333. The van der Waals surface area contributed by atoms with E-state index in [2.05, 4.69) is 4.74 Å².